The Balaban J connectivity index is 2.32. The number of thiophene rings is 1. The van der Waals surface area contributed by atoms with Crippen molar-refractivity contribution in [3.05, 3.63) is 10.9 Å². The van der Waals surface area contributed by atoms with Crippen molar-refractivity contribution in [3.63, 3.8) is 0 Å². The van der Waals surface area contributed by atoms with Crippen LogP contribution in [0, 0.1) is 0 Å². The summed E-state index contributed by atoms with van der Waals surface area (Å²) >= 11 is 3.12. The SMILES string of the molecule is CCc1cc2c(SCCS(C)(=O)=O)nc(NC)nc2s1. The smallest absolute Gasteiger partial charge is 0.224 e. The van der Waals surface area contributed by atoms with Gasteiger partial charge in [0.15, 0.2) is 0 Å². The summed E-state index contributed by atoms with van der Waals surface area (Å²) in [5.74, 6) is 1.23. The number of rotatable bonds is 6. The molecule has 8 heteroatoms. The lowest BCUT2D eigenvalue weighted by atomic mass is 10.3. The van der Waals surface area contributed by atoms with Crippen molar-refractivity contribution in [3.8, 4) is 0 Å². The Kier molecular flexibility index (Phi) is 4.87. The minimum absolute atomic E-state index is 0.156. The summed E-state index contributed by atoms with van der Waals surface area (Å²) in [7, 11) is -1.16. The fourth-order valence-corrected chi connectivity index (χ4v) is 4.86. The van der Waals surface area contributed by atoms with Gasteiger partial charge in [0.05, 0.1) is 5.75 Å². The number of sulfone groups is 1. The first-order valence-electron chi connectivity index (χ1n) is 6.21. The average Bonchev–Trinajstić information content (AvgIpc) is 2.80. The van der Waals surface area contributed by atoms with Crippen molar-refractivity contribution in [1.82, 2.24) is 9.97 Å². The van der Waals surface area contributed by atoms with Gasteiger partial charge in [0.25, 0.3) is 0 Å². The third-order valence-corrected chi connectivity index (χ3v) is 6.04. The van der Waals surface area contributed by atoms with E-state index in [4.69, 9.17) is 0 Å². The normalized spacial score (nSPS) is 11.9. The molecule has 0 aliphatic carbocycles. The molecule has 0 radical (unpaired) electrons. The van der Waals surface area contributed by atoms with E-state index in [1.807, 2.05) is 0 Å². The van der Waals surface area contributed by atoms with Crippen LogP contribution in [0.5, 0.6) is 0 Å². The van der Waals surface area contributed by atoms with Crippen molar-refractivity contribution in [2.75, 3.05) is 30.1 Å². The highest BCUT2D eigenvalue weighted by Crippen LogP contribution is 2.32. The lowest BCUT2D eigenvalue weighted by Crippen LogP contribution is -2.05. The van der Waals surface area contributed by atoms with Gasteiger partial charge in [-0.3, -0.25) is 0 Å². The molecule has 2 aromatic rings. The molecule has 0 unspecified atom stereocenters. The second-order valence-corrected chi connectivity index (χ2v) is 8.82. The predicted molar refractivity (Wildman–Crippen MR) is 86.8 cm³/mol. The van der Waals surface area contributed by atoms with Gasteiger partial charge < -0.3 is 5.32 Å². The van der Waals surface area contributed by atoms with Crippen molar-refractivity contribution in [2.45, 2.75) is 18.4 Å². The van der Waals surface area contributed by atoms with E-state index >= 15 is 0 Å². The number of hydrogen-bond acceptors (Lipinski definition) is 7. The molecule has 0 saturated heterocycles. The minimum atomic E-state index is -2.94. The number of anilines is 1. The first-order chi connectivity index (χ1) is 9.43. The molecule has 0 spiro atoms. The molecule has 0 aliphatic heterocycles. The molecule has 0 amide bonds. The van der Waals surface area contributed by atoms with Gasteiger partial charge in [0.2, 0.25) is 5.95 Å². The van der Waals surface area contributed by atoms with E-state index in [2.05, 4.69) is 28.3 Å². The molecule has 0 saturated carbocycles. The Labute approximate surface area is 127 Å². The fourth-order valence-electron chi connectivity index (χ4n) is 1.63. The Bertz CT molecular complexity index is 710. The molecule has 0 bridgehead atoms. The Hall–Kier alpha value is -0.860. The summed E-state index contributed by atoms with van der Waals surface area (Å²) in [6.45, 7) is 2.10. The maximum atomic E-state index is 11.2. The monoisotopic (exact) mass is 331 g/mol. The zero-order valence-corrected chi connectivity index (χ0v) is 14.1. The molecule has 0 aliphatic rings. The summed E-state index contributed by atoms with van der Waals surface area (Å²) in [4.78, 5) is 11.1. The van der Waals surface area contributed by atoms with E-state index in [1.54, 1.807) is 18.4 Å². The highest BCUT2D eigenvalue weighted by Gasteiger charge is 2.12. The van der Waals surface area contributed by atoms with E-state index in [9.17, 15) is 8.42 Å². The Morgan fingerprint density at radius 2 is 2.15 bits per heavy atom. The number of aryl methyl sites for hydroxylation is 1. The molecule has 5 nitrogen and oxygen atoms in total. The van der Waals surface area contributed by atoms with Gasteiger partial charge in [-0.25, -0.2) is 18.4 Å². The highest BCUT2D eigenvalue weighted by atomic mass is 32.2. The first kappa shape index (κ1) is 15.5. The summed E-state index contributed by atoms with van der Waals surface area (Å²) in [6.07, 6.45) is 2.21. The van der Waals surface area contributed by atoms with E-state index < -0.39 is 9.84 Å². The predicted octanol–water partition coefficient (Wildman–Crippen LogP) is 2.43. The van der Waals surface area contributed by atoms with Gasteiger partial charge in [0, 0.05) is 29.3 Å². The first-order valence-corrected chi connectivity index (χ1v) is 10.1. The lowest BCUT2D eigenvalue weighted by Gasteiger charge is -2.04. The molecular formula is C12H17N3O2S3. The van der Waals surface area contributed by atoms with E-state index in [0.717, 1.165) is 21.7 Å². The second kappa shape index (κ2) is 6.28. The molecule has 0 fully saturated rings. The molecular weight excluding hydrogens is 314 g/mol. The molecule has 20 heavy (non-hydrogen) atoms. The van der Waals surface area contributed by atoms with Crippen LogP contribution < -0.4 is 5.32 Å². The Morgan fingerprint density at radius 1 is 1.40 bits per heavy atom. The molecule has 0 atom stereocenters. The summed E-state index contributed by atoms with van der Waals surface area (Å²) in [6, 6.07) is 2.10. The summed E-state index contributed by atoms with van der Waals surface area (Å²) in [5, 5.41) is 4.81. The zero-order chi connectivity index (χ0) is 14.8. The number of thioether (sulfide) groups is 1. The van der Waals surface area contributed by atoms with Crippen molar-refractivity contribution in [2.24, 2.45) is 0 Å². The molecule has 110 valence electrons. The van der Waals surface area contributed by atoms with E-state index in [0.29, 0.717) is 11.7 Å². The fraction of sp³-hybridized carbons (Fsp3) is 0.500. The van der Waals surface area contributed by atoms with Crippen molar-refractivity contribution < 1.29 is 8.42 Å². The van der Waals surface area contributed by atoms with Gasteiger partial charge >= 0.3 is 0 Å². The van der Waals surface area contributed by atoms with E-state index in [-0.39, 0.29) is 5.75 Å². The number of nitrogens with one attached hydrogen (secondary N) is 1. The van der Waals surface area contributed by atoms with Crippen LogP contribution in [0.2, 0.25) is 0 Å². The minimum Gasteiger partial charge on any atom is -0.357 e. The standard InChI is InChI=1S/C12H17N3O2S3/c1-4-8-7-9-10(18-5-6-20(3,16)17)14-12(13-2)15-11(9)19-8/h7H,4-6H2,1-3H3,(H,13,14,15). The van der Waals surface area contributed by atoms with Crippen molar-refractivity contribution >= 4 is 49.1 Å². The van der Waals surface area contributed by atoms with Gasteiger partial charge in [-0.05, 0) is 12.5 Å². The summed E-state index contributed by atoms with van der Waals surface area (Å²) in [5.41, 5.74) is 0. The van der Waals surface area contributed by atoms with Gasteiger partial charge in [-0.1, -0.05) is 6.92 Å². The Morgan fingerprint density at radius 3 is 2.75 bits per heavy atom. The molecule has 2 rings (SSSR count). The second-order valence-electron chi connectivity index (χ2n) is 4.37. The van der Waals surface area contributed by atoms with Crippen LogP contribution in [-0.4, -0.2) is 43.2 Å². The average molecular weight is 331 g/mol. The van der Waals surface area contributed by atoms with Crippen LogP contribution in [0.1, 0.15) is 11.8 Å². The van der Waals surface area contributed by atoms with Crippen LogP contribution >= 0.6 is 23.1 Å². The molecule has 2 heterocycles. The third kappa shape index (κ3) is 3.83. The van der Waals surface area contributed by atoms with Crippen LogP contribution in [0.25, 0.3) is 10.2 Å². The maximum absolute atomic E-state index is 11.2. The molecule has 0 aromatic carbocycles. The van der Waals surface area contributed by atoms with Crippen LogP contribution in [-0.2, 0) is 16.3 Å². The number of nitrogens with zero attached hydrogens (tertiary/aromatic N) is 2. The molecule has 2 aromatic heterocycles. The zero-order valence-electron chi connectivity index (χ0n) is 11.6. The van der Waals surface area contributed by atoms with Gasteiger partial charge in [-0.2, -0.15) is 0 Å². The number of aromatic nitrogens is 2. The van der Waals surface area contributed by atoms with Crippen LogP contribution in [0.4, 0.5) is 5.95 Å². The highest BCUT2D eigenvalue weighted by molar-refractivity contribution is 8.00. The number of fused-ring (bicyclic) bond motifs is 1. The third-order valence-electron chi connectivity index (χ3n) is 2.67. The van der Waals surface area contributed by atoms with Crippen LogP contribution in [0.15, 0.2) is 11.1 Å². The van der Waals surface area contributed by atoms with Crippen LogP contribution in [0.3, 0.4) is 0 Å². The molecule has 1 N–H and O–H groups in total. The van der Waals surface area contributed by atoms with Gasteiger partial charge in [0.1, 0.15) is 19.7 Å². The largest absolute Gasteiger partial charge is 0.357 e. The maximum Gasteiger partial charge on any atom is 0.224 e. The van der Waals surface area contributed by atoms with Gasteiger partial charge in [-0.15, -0.1) is 23.1 Å². The van der Waals surface area contributed by atoms with E-state index in [1.165, 1.54) is 22.9 Å². The topological polar surface area (TPSA) is 72.0 Å². The lowest BCUT2D eigenvalue weighted by molar-refractivity contribution is 0.603. The quantitative estimate of drug-likeness (QED) is 0.647. The number of hydrogen-bond donors (Lipinski definition) is 1. The van der Waals surface area contributed by atoms with Crippen molar-refractivity contribution in [1.29, 1.82) is 0 Å². The summed E-state index contributed by atoms with van der Waals surface area (Å²) < 4.78 is 22.4.